The highest BCUT2D eigenvalue weighted by molar-refractivity contribution is 6.06. The van der Waals surface area contributed by atoms with E-state index in [4.69, 9.17) is 15.9 Å². The van der Waals surface area contributed by atoms with E-state index in [9.17, 15) is 9.59 Å². The van der Waals surface area contributed by atoms with E-state index in [0.717, 1.165) is 0 Å². The molecule has 8 rings (SSSR count). The molecule has 2 aliphatic heterocycles. The first-order valence-electron chi connectivity index (χ1n) is 19.6. The van der Waals surface area contributed by atoms with Gasteiger partial charge in [-0.2, -0.15) is 10.2 Å². The molecule has 2 aliphatic rings. The molecule has 6 heterocycles. The Morgan fingerprint density at radius 2 is 1.22 bits per heavy atom. The molecule has 12 nitrogen and oxygen atoms in total. The van der Waals surface area contributed by atoms with Crippen LogP contribution in [0.15, 0.2) is 110 Å². The lowest BCUT2D eigenvalue weighted by molar-refractivity contribution is -0.0308. The van der Waals surface area contributed by atoms with Gasteiger partial charge in [0.15, 0.2) is 11.6 Å². The van der Waals surface area contributed by atoms with Crippen LogP contribution in [0.4, 0.5) is 20.4 Å². The van der Waals surface area contributed by atoms with Crippen molar-refractivity contribution in [3.63, 3.8) is 0 Å². The Balaban J connectivity index is 0.000000179. The van der Waals surface area contributed by atoms with Crippen molar-refractivity contribution in [3.8, 4) is 12.3 Å². The number of benzene rings is 2. The van der Waals surface area contributed by atoms with Crippen LogP contribution in [-0.4, -0.2) is 64.6 Å². The van der Waals surface area contributed by atoms with Crippen molar-refractivity contribution < 1.29 is 27.8 Å². The Morgan fingerprint density at radius 1 is 0.746 bits per heavy atom. The fourth-order valence-electron chi connectivity index (χ4n) is 8.04. The molecule has 2 fully saturated rings. The summed E-state index contributed by atoms with van der Waals surface area (Å²) >= 11 is 0. The van der Waals surface area contributed by atoms with Crippen molar-refractivity contribution in [2.24, 2.45) is 11.8 Å². The molecule has 304 valence electrons. The highest BCUT2D eigenvalue weighted by Gasteiger charge is 2.53. The van der Waals surface area contributed by atoms with Crippen LogP contribution in [0.3, 0.4) is 0 Å². The van der Waals surface area contributed by atoms with E-state index in [0.29, 0.717) is 58.0 Å². The van der Waals surface area contributed by atoms with E-state index in [1.807, 2.05) is 52.0 Å². The number of nitrogens with one attached hydrogen (secondary N) is 2. The van der Waals surface area contributed by atoms with Gasteiger partial charge in [-0.3, -0.25) is 9.59 Å². The van der Waals surface area contributed by atoms with E-state index in [-0.39, 0.29) is 17.7 Å². The predicted molar refractivity (Wildman–Crippen MR) is 220 cm³/mol. The number of amides is 2. The average molecular weight is 801 g/mol. The first-order valence-corrected chi connectivity index (χ1v) is 19.6. The summed E-state index contributed by atoms with van der Waals surface area (Å²) in [6.07, 6.45) is 9.31. The van der Waals surface area contributed by atoms with E-state index >= 15 is 8.78 Å². The zero-order chi connectivity index (χ0) is 41.9. The van der Waals surface area contributed by atoms with Crippen LogP contribution in [0, 0.1) is 24.2 Å². The van der Waals surface area contributed by atoms with Crippen molar-refractivity contribution in [1.82, 2.24) is 29.2 Å². The molecular formula is C45H46F2N8O4. The molecule has 4 aromatic heterocycles. The molecule has 0 spiro atoms. The van der Waals surface area contributed by atoms with Crippen LogP contribution in [0.1, 0.15) is 91.8 Å². The van der Waals surface area contributed by atoms with Gasteiger partial charge in [0.05, 0.1) is 17.0 Å². The fraction of sp³-hybridized carbons (Fsp3) is 0.333. The maximum absolute atomic E-state index is 15.3. The molecule has 0 bridgehead atoms. The van der Waals surface area contributed by atoms with Crippen LogP contribution < -0.4 is 10.6 Å². The monoisotopic (exact) mass is 800 g/mol. The number of allylic oxidation sites excluding steroid dienone is 1. The SMILES string of the molecule is C#C[C@]1(CC)O[C@@H](c2ccc3c(NC(=O)c4ccccc4)ncnn23)[C@H](F)[C@@H]1C.C/C=C/[C@]1(CC)O[C@@H](c2ccc3c(NC(=O)c4ccccc4)ncnn23)[C@H](F)[C@@H]1C. The summed E-state index contributed by atoms with van der Waals surface area (Å²) in [6, 6.07) is 24.7. The molecule has 0 unspecified atom stereocenters. The third kappa shape index (κ3) is 7.48. The van der Waals surface area contributed by atoms with E-state index in [2.05, 4.69) is 36.7 Å². The molecule has 0 radical (unpaired) electrons. The molecule has 2 amide bonds. The van der Waals surface area contributed by atoms with Crippen LogP contribution in [0.5, 0.6) is 0 Å². The largest absolute Gasteiger partial charge is 0.358 e. The highest BCUT2D eigenvalue weighted by Crippen LogP contribution is 2.49. The number of hydrogen-bond acceptors (Lipinski definition) is 8. The molecule has 8 atom stereocenters. The van der Waals surface area contributed by atoms with Crippen molar-refractivity contribution in [2.45, 2.75) is 83.2 Å². The predicted octanol–water partition coefficient (Wildman–Crippen LogP) is 8.56. The third-order valence-electron chi connectivity index (χ3n) is 11.6. The lowest BCUT2D eigenvalue weighted by Crippen LogP contribution is -2.33. The summed E-state index contributed by atoms with van der Waals surface area (Å²) in [6.45, 7) is 9.45. The second kappa shape index (κ2) is 16.9. The normalized spacial score (nSPS) is 26.4. The summed E-state index contributed by atoms with van der Waals surface area (Å²) in [5.41, 5.74) is 1.69. The fourth-order valence-corrected chi connectivity index (χ4v) is 8.04. The average Bonchev–Trinajstić information content (AvgIpc) is 4.02. The van der Waals surface area contributed by atoms with Gasteiger partial charge in [0, 0.05) is 23.0 Å². The van der Waals surface area contributed by atoms with Crippen molar-refractivity contribution in [3.05, 3.63) is 132 Å². The summed E-state index contributed by atoms with van der Waals surface area (Å²) in [5.74, 6) is 2.03. The molecule has 0 aliphatic carbocycles. The summed E-state index contributed by atoms with van der Waals surface area (Å²) < 4.78 is 45.9. The number of halogens is 2. The van der Waals surface area contributed by atoms with Crippen LogP contribution in [0.25, 0.3) is 11.0 Å². The van der Waals surface area contributed by atoms with E-state index in [1.54, 1.807) is 88.8 Å². The lowest BCUT2D eigenvalue weighted by atomic mass is 9.84. The number of carbonyl (C=O) groups excluding carboxylic acids is 2. The summed E-state index contributed by atoms with van der Waals surface area (Å²) in [5, 5.41) is 14.1. The first-order chi connectivity index (χ1) is 28.5. The minimum absolute atomic E-state index is 0.272. The van der Waals surface area contributed by atoms with Gasteiger partial charge in [0.2, 0.25) is 0 Å². The van der Waals surface area contributed by atoms with Crippen molar-refractivity contribution in [2.75, 3.05) is 10.6 Å². The number of fused-ring (bicyclic) bond motifs is 2. The number of nitrogens with zero attached hydrogens (tertiary/aromatic N) is 6. The van der Waals surface area contributed by atoms with Gasteiger partial charge in [0.1, 0.15) is 53.8 Å². The summed E-state index contributed by atoms with van der Waals surface area (Å²) in [4.78, 5) is 33.4. The first kappa shape index (κ1) is 40.9. The van der Waals surface area contributed by atoms with Gasteiger partial charge in [-0.15, -0.1) is 6.42 Å². The second-order valence-corrected chi connectivity index (χ2v) is 14.7. The van der Waals surface area contributed by atoms with Crippen molar-refractivity contribution in [1.29, 1.82) is 0 Å². The number of ether oxygens (including phenoxy) is 2. The highest BCUT2D eigenvalue weighted by atomic mass is 19.1. The zero-order valence-corrected chi connectivity index (χ0v) is 33.4. The second-order valence-electron chi connectivity index (χ2n) is 14.7. The molecule has 2 saturated heterocycles. The molecule has 59 heavy (non-hydrogen) atoms. The quantitative estimate of drug-likeness (QED) is 0.110. The van der Waals surface area contributed by atoms with Gasteiger partial charge in [-0.1, -0.05) is 82.2 Å². The minimum Gasteiger partial charge on any atom is -0.358 e. The molecule has 14 heteroatoms. The molecule has 2 N–H and O–H groups in total. The van der Waals surface area contributed by atoms with Crippen LogP contribution in [0.2, 0.25) is 0 Å². The van der Waals surface area contributed by atoms with Gasteiger partial charge >= 0.3 is 0 Å². The molecule has 2 aromatic carbocycles. The van der Waals surface area contributed by atoms with Gasteiger partial charge < -0.3 is 20.1 Å². The van der Waals surface area contributed by atoms with E-state index < -0.39 is 41.7 Å². The Morgan fingerprint density at radius 3 is 1.64 bits per heavy atom. The Bertz CT molecular complexity index is 2520. The molecular weight excluding hydrogens is 755 g/mol. The number of aromatic nitrogens is 6. The number of rotatable bonds is 9. The number of anilines is 2. The van der Waals surface area contributed by atoms with Gasteiger partial charge in [-0.05, 0) is 68.3 Å². The van der Waals surface area contributed by atoms with E-state index in [1.165, 1.54) is 12.7 Å². The maximum Gasteiger partial charge on any atom is 0.256 e. The van der Waals surface area contributed by atoms with Crippen molar-refractivity contribution >= 4 is 34.5 Å². The maximum atomic E-state index is 15.3. The van der Waals surface area contributed by atoms with Gasteiger partial charge in [-0.25, -0.2) is 27.8 Å². The lowest BCUT2D eigenvalue weighted by Gasteiger charge is -2.28. The summed E-state index contributed by atoms with van der Waals surface area (Å²) in [7, 11) is 0. The Hall–Kier alpha value is -6.30. The van der Waals surface area contributed by atoms with Gasteiger partial charge in [0.25, 0.3) is 11.8 Å². The number of alkyl halides is 2. The minimum atomic E-state index is -1.28. The van der Waals surface area contributed by atoms with Crippen LogP contribution >= 0.6 is 0 Å². The third-order valence-corrected chi connectivity index (χ3v) is 11.6. The zero-order valence-electron chi connectivity index (χ0n) is 33.4. The standard InChI is InChI=1S/C23H25FN4O2.C22H21FN4O2/c1-4-13-23(5-2)15(3)19(24)20(30-23)17-11-12-18-21(25-14-26-28(17)18)27-22(29)16-9-7-6-8-10-16;1-4-22(5-2)14(3)18(23)19(29-22)16-11-12-17-20(24-13-25-27(16)17)26-21(28)15-9-7-6-8-10-15/h4,6-15,19-20H,5H2,1-3H3,(H,25,26,27,29);1,6-14,18-19H,5H2,2-3H3,(H,24,25,26,28)/b13-4+;/t15-,19+,20-,23-;14-,18+,19-,22+/m00/s1. The molecule has 6 aromatic rings. The number of carbonyl (C=O) groups is 2. The van der Waals surface area contributed by atoms with Crippen LogP contribution in [-0.2, 0) is 9.47 Å². The number of terminal acetylenes is 1. The Labute approximate surface area is 341 Å². The topological polar surface area (TPSA) is 137 Å². The number of hydrogen-bond donors (Lipinski definition) is 2. The Kier molecular flexibility index (Phi) is 11.7. The molecule has 0 saturated carbocycles. The smallest absolute Gasteiger partial charge is 0.256 e.